The number of carbonyl (C=O) groups is 2. The first-order valence-corrected chi connectivity index (χ1v) is 22.8. The molecule has 0 atom stereocenters. The number of ether oxygens (including phenoxy) is 3. The average molecular weight is 1010 g/mol. The molecule has 20 nitrogen and oxygen atoms in total. The number of benzene rings is 2. The lowest BCUT2D eigenvalue weighted by Gasteiger charge is -2.34. The largest absolute Gasteiger partial charge is 0.573 e. The minimum absolute atomic E-state index is 0.0352. The topological polar surface area (TPSA) is 228 Å². The van der Waals surface area contributed by atoms with Crippen LogP contribution in [-0.2, 0) is 30.4 Å². The van der Waals surface area contributed by atoms with Crippen molar-refractivity contribution >= 4 is 46.5 Å². The maximum atomic E-state index is 13.2. The minimum Gasteiger partial charge on any atom is -0.461 e. The Bertz CT molecular complexity index is 2970. The Morgan fingerprint density at radius 1 is 0.653 bits per heavy atom. The number of amides is 1. The molecule has 0 unspecified atom stereocenters. The summed E-state index contributed by atoms with van der Waals surface area (Å²) in [5.41, 5.74) is 10.3. The molecule has 4 aromatic heterocycles. The Morgan fingerprint density at radius 3 is 1.50 bits per heavy atom. The molecular weight excluding hydrogens is 961 g/mol. The van der Waals surface area contributed by atoms with Crippen LogP contribution in [0.4, 0.5) is 61.0 Å². The number of fused-ring (bicyclic) bond motifs is 6. The van der Waals surface area contributed by atoms with Crippen LogP contribution >= 0.6 is 0 Å². The smallest absolute Gasteiger partial charge is 0.461 e. The molecule has 0 bridgehead atoms. The zero-order chi connectivity index (χ0) is 50.9. The number of primary amides is 1. The van der Waals surface area contributed by atoms with E-state index in [4.69, 9.17) is 19.5 Å². The van der Waals surface area contributed by atoms with Gasteiger partial charge in [-0.1, -0.05) is 10.3 Å². The molecule has 26 heteroatoms. The van der Waals surface area contributed by atoms with Crippen molar-refractivity contribution in [3.05, 3.63) is 82.4 Å². The molecule has 4 N–H and O–H groups in total. The highest BCUT2D eigenvalue weighted by molar-refractivity contribution is 5.94. The van der Waals surface area contributed by atoms with E-state index in [0.29, 0.717) is 97.3 Å². The van der Waals surface area contributed by atoms with E-state index in [1.807, 2.05) is 23.9 Å². The summed E-state index contributed by atoms with van der Waals surface area (Å²) >= 11 is 0. The van der Waals surface area contributed by atoms with Gasteiger partial charge in [0.05, 0.1) is 18.0 Å². The van der Waals surface area contributed by atoms with Gasteiger partial charge in [0.2, 0.25) is 11.9 Å². The van der Waals surface area contributed by atoms with Crippen LogP contribution < -0.4 is 35.6 Å². The number of nitrogens with zero attached hydrogens (tertiary/aromatic N) is 10. The maximum absolute atomic E-state index is 13.2. The third kappa shape index (κ3) is 11.1. The summed E-state index contributed by atoms with van der Waals surface area (Å²) < 4.78 is 104. The van der Waals surface area contributed by atoms with E-state index >= 15 is 0 Å². The maximum Gasteiger partial charge on any atom is 0.573 e. The molecule has 4 aliphatic rings. The number of rotatable bonds is 11. The van der Waals surface area contributed by atoms with Gasteiger partial charge in [-0.05, 0) is 71.0 Å². The van der Waals surface area contributed by atoms with Gasteiger partial charge in [0.1, 0.15) is 11.4 Å². The van der Waals surface area contributed by atoms with Crippen molar-refractivity contribution < 1.29 is 59.2 Å². The van der Waals surface area contributed by atoms with Crippen molar-refractivity contribution in [2.45, 2.75) is 45.3 Å². The lowest BCUT2D eigenvalue weighted by atomic mass is 9.94. The van der Waals surface area contributed by atoms with E-state index in [-0.39, 0.29) is 41.3 Å². The number of alkyl halides is 6. The Morgan fingerprint density at radius 2 is 1.08 bits per heavy atom. The Balaban J connectivity index is 0.000000178. The number of nitrogens with two attached hydrogens (primary N) is 1. The van der Waals surface area contributed by atoms with Gasteiger partial charge in [-0.3, -0.25) is 4.79 Å². The summed E-state index contributed by atoms with van der Waals surface area (Å²) in [5, 5.41) is 13.2. The number of esters is 1. The fourth-order valence-electron chi connectivity index (χ4n) is 8.63. The summed E-state index contributed by atoms with van der Waals surface area (Å²) in [7, 11) is 4.00. The first-order chi connectivity index (χ1) is 34.4. The molecule has 0 spiro atoms. The van der Waals surface area contributed by atoms with Gasteiger partial charge < -0.3 is 59.2 Å². The molecule has 10 rings (SSSR count). The number of aromatic nitrogens is 6. The van der Waals surface area contributed by atoms with Crippen LogP contribution in [-0.4, -0.2) is 138 Å². The van der Waals surface area contributed by atoms with E-state index in [1.165, 1.54) is 24.3 Å². The van der Waals surface area contributed by atoms with Crippen LogP contribution in [0, 0.1) is 0 Å². The molecule has 2 fully saturated rings. The van der Waals surface area contributed by atoms with Crippen LogP contribution in [0.25, 0.3) is 22.9 Å². The molecule has 6 aromatic rings. The predicted octanol–water partition coefficient (Wildman–Crippen LogP) is 6.52. The zero-order valence-electron chi connectivity index (χ0n) is 39.0. The number of aryl methyl sites for hydroxylation is 2. The highest BCUT2D eigenvalue weighted by Crippen LogP contribution is 2.40. The molecule has 0 radical (unpaired) electrons. The first-order valence-electron chi connectivity index (χ1n) is 22.8. The summed E-state index contributed by atoms with van der Waals surface area (Å²) in [5.74, 6) is -1.40. The monoisotopic (exact) mass is 1010 g/mol. The molecule has 2 saturated heterocycles. The quantitative estimate of drug-likeness (QED) is 0.0926. The van der Waals surface area contributed by atoms with E-state index in [9.17, 15) is 35.9 Å². The van der Waals surface area contributed by atoms with E-state index < -0.39 is 36.1 Å². The third-order valence-electron chi connectivity index (χ3n) is 12.3. The molecule has 1 amide bonds. The van der Waals surface area contributed by atoms with Crippen molar-refractivity contribution in [1.29, 1.82) is 0 Å². The van der Waals surface area contributed by atoms with Crippen molar-refractivity contribution in [1.82, 2.24) is 40.0 Å². The molecule has 380 valence electrons. The van der Waals surface area contributed by atoms with Crippen molar-refractivity contribution in [2.24, 2.45) is 5.73 Å². The molecular formula is C46H47F6N13O7. The second-order valence-electron chi connectivity index (χ2n) is 17.2. The predicted molar refractivity (Wildman–Crippen MR) is 247 cm³/mol. The minimum atomic E-state index is -4.88. The second-order valence-corrected chi connectivity index (χ2v) is 17.2. The van der Waals surface area contributed by atoms with Crippen LogP contribution in [0.1, 0.15) is 50.2 Å². The summed E-state index contributed by atoms with van der Waals surface area (Å²) in [6, 6.07) is 9.18. The summed E-state index contributed by atoms with van der Waals surface area (Å²) in [6.07, 6.45) is -4.58. The molecule has 72 heavy (non-hydrogen) atoms. The Hall–Kier alpha value is -7.74. The molecule has 2 aliphatic carbocycles. The van der Waals surface area contributed by atoms with Crippen LogP contribution in [0.5, 0.6) is 11.5 Å². The number of halogens is 6. The number of likely N-dealkylation sites (N-methyl/N-ethyl adjacent to an activating group) is 2. The van der Waals surface area contributed by atoms with Gasteiger partial charge in [-0.25, -0.2) is 24.7 Å². The first kappa shape index (κ1) is 49.2. The number of carbonyl (C=O) groups excluding carboxylic acids is 2. The Kier molecular flexibility index (Phi) is 13.8. The molecule has 0 saturated carbocycles. The molecule has 6 heterocycles. The number of anilines is 6. The number of hydrogen-bond donors (Lipinski definition) is 3. The zero-order valence-corrected chi connectivity index (χ0v) is 39.0. The van der Waals surface area contributed by atoms with Crippen LogP contribution in [0.15, 0.2) is 57.8 Å². The highest BCUT2D eigenvalue weighted by atomic mass is 19.4. The van der Waals surface area contributed by atoms with Crippen LogP contribution in [0.3, 0.4) is 0 Å². The van der Waals surface area contributed by atoms with Crippen molar-refractivity contribution in [3.8, 4) is 34.4 Å². The molecule has 2 aliphatic heterocycles. The van der Waals surface area contributed by atoms with Gasteiger partial charge in [-0.2, -0.15) is 0 Å². The lowest BCUT2D eigenvalue weighted by molar-refractivity contribution is -0.275. The van der Waals surface area contributed by atoms with Gasteiger partial charge in [-0.15, -0.1) is 26.3 Å². The number of nitrogens with one attached hydrogen (secondary N) is 2. The van der Waals surface area contributed by atoms with E-state index in [2.05, 4.69) is 60.2 Å². The van der Waals surface area contributed by atoms with Crippen LogP contribution in [0.2, 0.25) is 0 Å². The second kappa shape index (κ2) is 20.2. The molecule has 2 aromatic carbocycles. The fraction of sp³-hybridized carbons (Fsp3) is 0.391. The SMILES string of the molecule is CCOC(=O)c1noc2c1CCc1cnc(Nc3ccc(N4CCN(C)CC4)cc3OC(F)(F)F)nc1-2.CN1CCN(c2ccc(Nc3ncc4c(n3)-c3onc(C(N)=O)c3CC4)c(OC(F)(F)F)c2)CC1. The summed E-state index contributed by atoms with van der Waals surface area (Å²) in [4.78, 5) is 49.5. The highest BCUT2D eigenvalue weighted by Gasteiger charge is 2.35. The van der Waals surface area contributed by atoms with Crippen molar-refractivity contribution in [3.63, 3.8) is 0 Å². The number of piperazine rings is 2. The van der Waals surface area contributed by atoms with Gasteiger partial charge in [0.25, 0.3) is 5.91 Å². The lowest BCUT2D eigenvalue weighted by Crippen LogP contribution is -2.44. The van der Waals surface area contributed by atoms with E-state index in [0.717, 1.165) is 37.3 Å². The normalized spacial score (nSPS) is 15.8. The third-order valence-corrected chi connectivity index (χ3v) is 12.3. The average Bonchev–Trinajstić information content (AvgIpc) is 3.99. The fourth-order valence-corrected chi connectivity index (χ4v) is 8.63. The number of hydrogen-bond acceptors (Lipinski definition) is 19. The van der Waals surface area contributed by atoms with E-state index in [1.54, 1.807) is 31.5 Å². The van der Waals surface area contributed by atoms with Crippen molar-refractivity contribution in [2.75, 3.05) is 93.5 Å². The van der Waals surface area contributed by atoms with Gasteiger partial charge in [0, 0.05) is 111 Å². The van der Waals surface area contributed by atoms with Gasteiger partial charge in [0.15, 0.2) is 34.4 Å². The Labute approximate surface area is 406 Å². The standard InChI is InChI=1S/C24H25F3N6O4.C22H22F3N7O3/c1-3-35-22(34)20-16-6-4-14-13-28-23(30-19(14)21(16)37-31-20)29-17-7-5-15(12-18(17)36-24(25,26)27)33-10-8-32(2)9-11-33;1-31-6-8-32(9-7-31)13-3-5-15(16(10-13)34-22(23,24)25)28-21-27-11-12-2-4-14-18(20(26)33)30-35-19(14)17(12)29-21/h5,7,12-13H,3-4,6,8-11H2,1-2H3,(H,28,29,30);3,5,10-11H,2,4,6-9H2,1H3,(H2,26,33)(H,27,28,29). The van der Waals surface area contributed by atoms with Gasteiger partial charge >= 0.3 is 18.7 Å². The summed E-state index contributed by atoms with van der Waals surface area (Å²) in [6.45, 7) is 7.87.